The summed E-state index contributed by atoms with van der Waals surface area (Å²) < 4.78 is 0. The first-order valence-corrected chi connectivity index (χ1v) is 5.95. The number of amides is 2. The Hall–Kier alpha value is -2.37. The molecule has 6 heteroatoms. The molecule has 2 rings (SSSR count). The zero-order chi connectivity index (χ0) is 13.8. The molecule has 0 bridgehead atoms. The van der Waals surface area contributed by atoms with Crippen LogP contribution in [-0.4, -0.2) is 28.9 Å². The first-order valence-electron chi connectivity index (χ1n) is 5.95. The highest BCUT2D eigenvalue weighted by Crippen LogP contribution is 2.13. The second-order valence-corrected chi connectivity index (χ2v) is 4.42. The highest BCUT2D eigenvalue weighted by Gasteiger charge is 2.26. The third kappa shape index (κ3) is 3.54. The van der Waals surface area contributed by atoms with E-state index >= 15 is 0 Å². The molecule has 0 spiro atoms. The lowest BCUT2D eigenvalue weighted by atomic mass is 10.1. The van der Waals surface area contributed by atoms with Gasteiger partial charge in [0.2, 0.25) is 11.8 Å². The Labute approximate surface area is 109 Å². The summed E-state index contributed by atoms with van der Waals surface area (Å²) >= 11 is 0. The molecule has 1 aliphatic rings. The van der Waals surface area contributed by atoms with E-state index in [2.05, 4.69) is 10.6 Å². The summed E-state index contributed by atoms with van der Waals surface area (Å²) in [6.07, 6.45) is 0.824. The van der Waals surface area contributed by atoms with Crippen LogP contribution in [0.5, 0.6) is 0 Å². The van der Waals surface area contributed by atoms with Crippen LogP contribution >= 0.6 is 0 Å². The number of anilines is 1. The fourth-order valence-electron chi connectivity index (χ4n) is 1.92. The zero-order valence-corrected chi connectivity index (χ0v) is 10.2. The molecule has 1 fully saturated rings. The van der Waals surface area contributed by atoms with E-state index in [9.17, 15) is 14.4 Å². The third-order valence-electron chi connectivity index (χ3n) is 2.89. The van der Waals surface area contributed by atoms with Crippen LogP contribution in [-0.2, 0) is 20.8 Å². The summed E-state index contributed by atoms with van der Waals surface area (Å²) in [7, 11) is 0. The van der Waals surface area contributed by atoms with Crippen LogP contribution in [0.15, 0.2) is 24.3 Å². The van der Waals surface area contributed by atoms with Gasteiger partial charge in [-0.05, 0) is 24.1 Å². The zero-order valence-electron chi connectivity index (χ0n) is 10.2. The number of nitrogens with one attached hydrogen (secondary N) is 2. The number of carboxylic acid groups (broad SMARTS) is 1. The van der Waals surface area contributed by atoms with Gasteiger partial charge in [-0.2, -0.15) is 0 Å². The van der Waals surface area contributed by atoms with Crippen LogP contribution in [0.2, 0.25) is 0 Å². The topological polar surface area (TPSA) is 95.5 Å². The van der Waals surface area contributed by atoms with Crippen molar-refractivity contribution in [3.05, 3.63) is 29.8 Å². The van der Waals surface area contributed by atoms with Gasteiger partial charge in [-0.1, -0.05) is 12.1 Å². The molecule has 0 saturated carbocycles. The number of hydrogen-bond acceptors (Lipinski definition) is 3. The number of carbonyl (C=O) groups is 3. The molecular formula is C13H14N2O4. The molecule has 1 atom stereocenters. The highest BCUT2D eigenvalue weighted by molar-refractivity contribution is 5.98. The fourth-order valence-corrected chi connectivity index (χ4v) is 1.92. The molecule has 0 aliphatic carbocycles. The van der Waals surface area contributed by atoms with Crippen LogP contribution in [0.4, 0.5) is 5.69 Å². The normalized spacial score (nSPS) is 17.9. The van der Waals surface area contributed by atoms with Gasteiger partial charge in [0.25, 0.3) is 0 Å². The Morgan fingerprint density at radius 2 is 2.00 bits per heavy atom. The van der Waals surface area contributed by atoms with E-state index in [1.54, 1.807) is 24.3 Å². The Bertz CT molecular complexity index is 510. The predicted molar refractivity (Wildman–Crippen MR) is 67.6 cm³/mol. The van der Waals surface area contributed by atoms with Gasteiger partial charge >= 0.3 is 5.97 Å². The van der Waals surface area contributed by atoms with Crippen molar-refractivity contribution in [2.24, 2.45) is 0 Å². The largest absolute Gasteiger partial charge is 0.481 e. The van der Waals surface area contributed by atoms with Gasteiger partial charge in [-0.3, -0.25) is 14.4 Å². The molecule has 6 nitrogen and oxygen atoms in total. The lowest BCUT2D eigenvalue weighted by Gasteiger charge is -2.11. The smallest absolute Gasteiger partial charge is 0.307 e. The van der Waals surface area contributed by atoms with Gasteiger partial charge < -0.3 is 15.7 Å². The van der Waals surface area contributed by atoms with E-state index < -0.39 is 12.0 Å². The van der Waals surface area contributed by atoms with E-state index in [0.29, 0.717) is 24.1 Å². The molecule has 1 aromatic carbocycles. The number of carboxylic acids is 1. The van der Waals surface area contributed by atoms with Crippen molar-refractivity contribution in [3.63, 3.8) is 0 Å². The highest BCUT2D eigenvalue weighted by atomic mass is 16.4. The molecule has 3 N–H and O–H groups in total. The summed E-state index contributed by atoms with van der Waals surface area (Å²) in [4.78, 5) is 33.3. The average molecular weight is 262 g/mol. The average Bonchev–Trinajstić information content (AvgIpc) is 2.78. The van der Waals surface area contributed by atoms with Gasteiger partial charge in [0.15, 0.2) is 0 Å². The van der Waals surface area contributed by atoms with E-state index in [-0.39, 0.29) is 18.2 Å². The standard InChI is InChI=1S/C13H14N2O4/c16-11-6-5-10(15-11)13(19)14-9-3-1-8(2-4-9)7-12(17)18/h1-4,10H,5-7H2,(H,14,19)(H,15,16)(H,17,18). The van der Waals surface area contributed by atoms with E-state index in [1.807, 2.05) is 0 Å². The molecule has 1 aliphatic heterocycles. The summed E-state index contributed by atoms with van der Waals surface area (Å²) in [5, 5.41) is 13.9. The minimum absolute atomic E-state index is 0.0487. The van der Waals surface area contributed by atoms with Crippen molar-refractivity contribution >= 4 is 23.5 Å². The van der Waals surface area contributed by atoms with Crippen LogP contribution < -0.4 is 10.6 Å². The molecule has 1 aromatic rings. The quantitative estimate of drug-likeness (QED) is 0.737. The fraction of sp³-hybridized carbons (Fsp3) is 0.308. The minimum atomic E-state index is -0.898. The Morgan fingerprint density at radius 1 is 1.32 bits per heavy atom. The number of aliphatic carboxylic acids is 1. The van der Waals surface area contributed by atoms with Gasteiger partial charge in [0.05, 0.1) is 6.42 Å². The first kappa shape index (κ1) is 13.1. The summed E-state index contributed by atoms with van der Waals surface area (Å²) in [6.45, 7) is 0. The van der Waals surface area contributed by atoms with Crippen LogP contribution in [0, 0.1) is 0 Å². The molecule has 0 aromatic heterocycles. The van der Waals surface area contributed by atoms with Gasteiger partial charge in [0, 0.05) is 12.1 Å². The van der Waals surface area contributed by atoms with Crippen molar-refractivity contribution in [3.8, 4) is 0 Å². The van der Waals surface area contributed by atoms with Crippen molar-refractivity contribution in [1.82, 2.24) is 5.32 Å². The Morgan fingerprint density at radius 3 is 2.53 bits per heavy atom. The van der Waals surface area contributed by atoms with E-state index in [1.165, 1.54) is 0 Å². The van der Waals surface area contributed by atoms with E-state index in [0.717, 1.165) is 0 Å². The summed E-state index contributed by atoms with van der Waals surface area (Å²) in [5.41, 5.74) is 1.25. The molecule has 0 radical (unpaired) electrons. The molecular weight excluding hydrogens is 248 g/mol. The SMILES string of the molecule is O=C(O)Cc1ccc(NC(=O)C2CCC(=O)N2)cc1. The minimum Gasteiger partial charge on any atom is -0.481 e. The molecule has 19 heavy (non-hydrogen) atoms. The van der Waals surface area contributed by atoms with Crippen LogP contribution in [0.3, 0.4) is 0 Å². The number of carbonyl (C=O) groups excluding carboxylic acids is 2. The molecule has 1 saturated heterocycles. The molecule has 100 valence electrons. The van der Waals surface area contributed by atoms with Crippen molar-refractivity contribution in [1.29, 1.82) is 0 Å². The number of hydrogen-bond donors (Lipinski definition) is 3. The van der Waals surface area contributed by atoms with Crippen molar-refractivity contribution < 1.29 is 19.5 Å². The van der Waals surface area contributed by atoms with Gasteiger partial charge in [0.1, 0.15) is 6.04 Å². The second kappa shape index (κ2) is 5.51. The van der Waals surface area contributed by atoms with E-state index in [4.69, 9.17) is 5.11 Å². The number of rotatable bonds is 4. The Kier molecular flexibility index (Phi) is 3.79. The Balaban J connectivity index is 1.94. The second-order valence-electron chi connectivity index (χ2n) is 4.42. The maximum absolute atomic E-state index is 11.8. The molecule has 2 amide bonds. The first-order chi connectivity index (χ1) is 9.04. The van der Waals surface area contributed by atoms with Crippen molar-refractivity contribution in [2.75, 3.05) is 5.32 Å². The third-order valence-corrected chi connectivity index (χ3v) is 2.89. The number of benzene rings is 1. The maximum atomic E-state index is 11.8. The summed E-state index contributed by atoms with van der Waals surface area (Å²) in [6, 6.07) is 6.11. The van der Waals surface area contributed by atoms with Gasteiger partial charge in [-0.15, -0.1) is 0 Å². The monoisotopic (exact) mass is 262 g/mol. The molecule has 1 unspecified atom stereocenters. The van der Waals surface area contributed by atoms with Crippen LogP contribution in [0.1, 0.15) is 18.4 Å². The van der Waals surface area contributed by atoms with Gasteiger partial charge in [-0.25, -0.2) is 0 Å². The molecule has 1 heterocycles. The predicted octanol–water partition coefficient (Wildman–Crippen LogP) is 0.531. The lowest BCUT2D eigenvalue weighted by Crippen LogP contribution is -2.37. The summed E-state index contributed by atoms with van der Waals surface area (Å²) in [5.74, 6) is -1.26. The van der Waals surface area contributed by atoms with Crippen molar-refractivity contribution in [2.45, 2.75) is 25.3 Å². The van der Waals surface area contributed by atoms with Crippen LogP contribution in [0.25, 0.3) is 0 Å². The lowest BCUT2D eigenvalue weighted by molar-refractivity contribution is -0.136. The maximum Gasteiger partial charge on any atom is 0.307 e.